The molecule has 1 heterocycles. The highest BCUT2D eigenvalue weighted by atomic mass is 32.1. The number of thiazole rings is 1. The lowest BCUT2D eigenvalue weighted by molar-refractivity contribution is 0.0979. The normalized spacial score (nSPS) is 13.0. The van der Waals surface area contributed by atoms with Crippen molar-refractivity contribution in [2.75, 3.05) is 5.43 Å². The van der Waals surface area contributed by atoms with Crippen LogP contribution in [0.5, 0.6) is 5.75 Å². The Balaban J connectivity index is 1.62. The van der Waals surface area contributed by atoms with Crippen molar-refractivity contribution in [2.24, 2.45) is 5.10 Å². The number of aromatic hydroxyl groups is 1. The van der Waals surface area contributed by atoms with Crippen molar-refractivity contribution >= 4 is 34.2 Å². The number of hydrogen-bond donors (Lipinski definition) is 2. The fraction of sp³-hybridized carbons (Fsp3) is 0. The summed E-state index contributed by atoms with van der Waals surface area (Å²) in [5, 5.41) is 14.0. The van der Waals surface area contributed by atoms with Gasteiger partial charge in [0.1, 0.15) is 16.3 Å². The molecule has 7 heteroatoms. The maximum absolute atomic E-state index is 12.5. The number of phenolic OH excluding ortho intramolecular Hbond substituents is 1. The fourth-order valence-corrected chi connectivity index (χ4v) is 3.42. The minimum Gasteiger partial charge on any atom is -0.507 e. The first-order valence-electron chi connectivity index (χ1n) is 7.41. The van der Waals surface area contributed by atoms with Gasteiger partial charge in [-0.25, -0.2) is 4.98 Å². The van der Waals surface area contributed by atoms with Gasteiger partial charge < -0.3 is 5.11 Å². The van der Waals surface area contributed by atoms with Crippen molar-refractivity contribution in [2.45, 2.75) is 0 Å². The molecule has 0 amide bonds. The zero-order chi connectivity index (χ0) is 17.4. The molecule has 0 bridgehead atoms. The second kappa shape index (κ2) is 5.95. The number of hydrazone groups is 1. The van der Waals surface area contributed by atoms with Crippen LogP contribution in [0.2, 0.25) is 0 Å². The van der Waals surface area contributed by atoms with Gasteiger partial charge in [-0.1, -0.05) is 47.7 Å². The van der Waals surface area contributed by atoms with Crippen LogP contribution < -0.4 is 5.43 Å². The predicted molar refractivity (Wildman–Crippen MR) is 94.7 cm³/mol. The number of phenols is 1. The van der Waals surface area contributed by atoms with Crippen LogP contribution in [0, 0.1) is 0 Å². The molecule has 0 fully saturated rings. The fourth-order valence-electron chi connectivity index (χ4n) is 2.56. The zero-order valence-corrected chi connectivity index (χ0v) is 13.6. The van der Waals surface area contributed by atoms with E-state index in [9.17, 15) is 14.7 Å². The summed E-state index contributed by atoms with van der Waals surface area (Å²) >= 11 is 1.08. The van der Waals surface area contributed by atoms with Gasteiger partial charge in [-0.3, -0.25) is 15.0 Å². The predicted octanol–water partition coefficient (Wildman–Crippen LogP) is 3.07. The van der Waals surface area contributed by atoms with E-state index < -0.39 is 0 Å². The number of carbonyl (C=O) groups is 2. The SMILES string of the molecule is O=C1c2ccccc2C(=O)c2sc(N/N=C/c3ccccc3O)nc21. The molecule has 0 atom stereocenters. The molecule has 4 rings (SSSR count). The summed E-state index contributed by atoms with van der Waals surface area (Å²) in [5.74, 6) is -0.369. The Kier molecular flexibility index (Phi) is 3.62. The zero-order valence-electron chi connectivity index (χ0n) is 12.8. The third-order valence-corrected chi connectivity index (χ3v) is 4.72. The number of nitrogens with one attached hydrogen (secondary N) is 1. The molecule has 122 valence electrons. The van der Waals surface area contributed by atoms with E-state index in [0.29, 0.717) is 26.7 Å². The molecule has 0 unspecified atom stereocenters. The highest BCUT2D eigenvalue weighted by Gasteiger charge is 2.33. The van der Waals surface area contributed by atoms with E-state index >= 15 is 0 Å². The maximum Gasteiger partial charge on any atom is 0.213 e. The van der Waals surface area contributed by atoms with Crippen LogP contribution in [0.3, 0.4) is 0 Å². The third kappa shape index (κ3) is 2.60. The molecular weight excluding hydrogens is 338 g/mol. The Morgan fingerprint density at radius 3 is 2.44 bits per heavy atom. The largest absolute Gasteiger partial charge is 0.507 e. The monoisotopic (exact) mass is 349 g/mol. The molecule has 25 heavy (non-hydrogen) atoms. The minimum atomic E-state index is -0.265. The van der Waals surface area contributed by atoms with Crippen LogP contribution in [0.15, 0.2) is 53.6 Å². The first kappa shape index (κ1) is 15.2. The van der Waals surface area contributed by atoms with Gasteiger partial charge in [0.2, 0.25) is 16.7 Å². The lowest BCUT2D eigenvalue weighted by atomic mass is 9.91. The number of benzene rings is 2. The van der Waals surface area contributed by atoms with Gasteiger partial charge >= 0.3 is 0 Å². The van der Waals surface area contributed by atoms with Gasteiger partial charge in [0.25, 0.3) is 0 Å². The summed E-state index contributed by atoms with van der Waals surface area (Å²) in [4.78, 5) is 29.5. The summed E-state index contributed by atoms with van der Waals surface area (Å²) in [6.07, 6.45) is 1.44. The van der Waals surface area contributed by atoms with Crippen molar-refractivity contribution in [3.63, 3.8) is 0 Å². The van der Waals surface area contributed by atoms with Crippen molar-refractivity contribution in [3.05, 3.63) is 75.8 Å². The third-order valence-electron chi connectivity index (χ3n) is 3.77. The molecule has 1 aromatic heterocycles. The van der Waals surface area contributed by atoms with Crippen molar-refractivity contribution in [1.82, 2.24) is 4.98 Å². The Labute approximate surface area is 146 Å². The number of rotatable bonds is 3. The topological polar surface area (TPSA) is 91.7 Å². The van der Waals surface area contributed by atoms with Gasteiger partial charge in [-0.05, 0) is 12.1 Å². The molecule has 1 aliphatic carbocycles. The van der Waals surface area contributed by atoms with Crippen LogP contribution in [0.1, 0.15) is 36.9 Å². The van der Waals surface area contributed by atoms with Gasteiger partial charge in [0, 0.05) is 16.7 Å². The Morgan fingerprint density at radius 1 is 1.00 bits per heavy atom. The smallest absolute Gasteiger partial charge is 0.213 e. The van der Waals surface area contributed by atoms with Crippen LogP contribution in [0.4, 0.5) is 5.13 Å². The molecule has 0 saturated heterocycles. The lowest BCUT2D eigenvalue weighted by Gasteiger charge is -2.11. The molecule has 1 aliphatic rings. The average Bonchev–Trinajstić information content (AvgIpc) is 3.06. The number of hydrogen-bond acceptors (Lipinski definition) is 7. The van der Waals surface area contributed by atoms with E-state index in [1.807, 2.05) is 0 Å². The Hall–Kier alpha value is -3.32. The minimum absolute atomic E-state index is 0.104. The molecule has 2 N–H and O–H groups in total. The molecule has 6 nitrogen and oxygen atoms in total. The molecule has 0 aliphatic heterocycles. The van der Waals surface area contributed by atoms with E-state index in [1.54, 1.807) is 48.5 Å². The van der Waals surface area contributed by atoms with Crippen molar-refractivity contribution in [3.8, 4) is 5.75 Å². The lowest BCUT2D eigenvalue weighted by Crippen LogP contribution is -2.19. The van der Waals surface area contributed by atoms with Crippen LogP contribution in [0.25, 0.3) is 0 Å². The first-order chi connectivity index (χ1) is 12.1. The van der Waals surface area contributed by atoms with E-state index in [2.05, 4.69) is 15.5 Å². The number of aromatic nitrogens is 1. The summed E-state index contributed by atoms with van der Waals surface area (Å²) in [7, 11) is 0. The van der Waals surface area contributed by atoms with Crippen LogP contribution in [-0.2, 0) is 0 Å². The van der Waals surface area contributed by atoms with Gasteiger partial charge in [0.15, 0.2) is 0 Å². The molecule has 0 spiro atoms. The van der Waals surface area contributed by atoms with E-state index in [0.717, 1.165) is 11.3 Å². The number of para-hydroxylation sites is 1. The number of ketones is 2. The average molecular weight is 349 g/mol. The molecular formula is C18H11N3O3S. The van der Waals surface area contributed by atoms with E-state index in [1.165, 1.54) is 6.21 Å². The Morgan fingerprint density at radius 2 is 1.68 bits per heavy atom. The van der Waals surface area contributed by atoms with Crippen LogP contribution in [-0.4, -0.2) is 27.9 Å². The summed E-state index contributed by atoms with van der Waals surface area (Å²) in [6.45, 7) is 0. The number of nitrogens with zero attached hydrogens (tertiary/aromatic N) is 2. The summed E-state index contributed by atoms with van der Waals surface area (Å²) < 4.78 is 0. The molecule has 3 aromatic rings. The Bertz CT molecular complexity index is 987. The maximum atomic E-state index is 12.5. The number of carbonyl (C=O) groups excluding carboxylic acids is 2. The second-order valence-corrected chi connectivity index (χ2v) is 6.33. The van der Waals surface area contributed by atoms with Crippen LogP contribution >= 0.6 is 11.3 Å². The summed E-state index contributed by atoms with van der Waals surface area (Å²) in [5.41, 5.74) is 4.16. The number of anilines is 1. The highest BCUT2D eigenvalue weighted by Crippen LogP contribution is 2.33. The summed E-state index contributed by atoms with van der Waals surface area (Å²) in [6, 6.07) is 13.5. The van der Waals surface area contributed by atoms with Crippen molar-refractivity contribution < 1.29 is 14.7 Å². The highest BCUT2D eigenvalue weighted by molar-refractivity contribution is 7.18. The van der Waals surface area contributed by atoms with Gasteiger partial charge in [-0.15, -0.1) is 0 Å². The quantitative estimate of drug-likeness (QED) is 0.438. The second-order valence-electron chi connectivity index (χ2n) is 5.33. The van der Waals surface area contributed by atoms with Gasteiger partial charge in [-0.2, -0.15) is 5.10 Å². The number of fused-ring (bicyclic) bond motifs is 2. The molecule has 0 saturated carbocycles. The first-order valence-corrected chi connectivity index (χ1v) is 8.23. The van der Waals surface area contributed by atoms with E-state index in [-0.39, 0.29) is 23.0 Å². The standard InChI is InChI=1S/C18H11N3O3S/c22-13-8-4-1-5-10(13)9-19-21-18-20-14-15(23)11-6-2-3-7-12(11)16(24)17(14)25-18/h1-9,22H,(H,20,21)/b19-9+. The molecule has 0 radical (unpaired) electrons. The van der Waals surface area contributed by atoms with E-state index in [4.69, 9.17) is 0 Å². The van der Waals surface area contributed by atoms with Gasteiger partial charge in [0.05, 0.1) is 6.21 Å². The molecule has 2 aromatic carbocycles. The van der Waals surface area contributed by atoms with Crippen molar-refractivity contribution in [1.29, 1.82) is 0 Å².